The molecular formula is C69H134O6. The van der Waals surface area contributed by atoms with E-state index in [4.69, 9.17) is 14.2 Å². The van der Waals surface area contributed by atoms with Crippen LogP contribution in [0.3, 0.4) is 0 Å². The van der Waals surface area contributed by atoms with Crippen LogP contribution >= 0.6 is 0 Å². The van der Waals surface area contributed by atoms with Gasteiger partial charge in [0.05, 0.1) is 0 Å². The topological polar surface area (TPSA) is 78.9 Å². The molecule has 0 aromatic rings. The number of carbonyl (C=O) groups is 3. The summed E-state index contributed by atoms with van der Waals surface area (Å²) in [6, 6.07) is 0. The van der Waals surface area contributed by atoms with Crippen LogP contribution in [-0.2, 0) is 28.6 Å². The van der Waals surface area contributed by atoms with Crippen molar-refractivity contribution in [3.8, 4) is 0 Å². The first-order valence-electron chi connectivity index (χ1n) is 34.3. The molecule has 0 rings (SSSR count). The molecule has 0 amide bonds. The second-order valence-corrected chi connectivity index (χ2v) is 24.3. The maximum absolute atomic E-state index is 12.9. The minimum atomic E-state index is -0.764. The Kier molecular flexibility index (Phi) is 60.3. The van der Waals surface area contributed by atoms with Crippen LogP contribution in [-0.4, -0.2) is 37.2 Å². The first-order valence-corrected chi connectivity index (χ1v) is 34.3. The maximum Gasteiger partial charge on any atom is 0.306 e. The van der Waals surface area contributed by atoms with Crippen molar-refractivity contribution in [3.05, 3.63) is 0 Å². The molecule has 75 heavy (non-hydrogen) atoms. The van der Waals surface area contributed by atoms with Crippen LogP contribution < -0.4 is 0 Å². The highest BCUT2D eigenvalue weighted by atomic mass is 16.6. The fourth-order valence-electron chi connectivity index (χ4n) is 10.8. The van der Waals surface area contributed by atoms with Gasteiger partial charge in [-0.05, 0) is 31.1 Å². The molecule has 0 heterocycles. The van der Waals surface area contributed by atoms with Crippen molar-refractivity contribution >= 4 is 17.9 Å². The third-order valence-corrected chi connectivity index (χ3v) is 16.7. The van der Waals surface area contributed by atoms with Crippen molar-refractivity contribution in [3.63, 3.8) is 0 Å². The molecule has 6 nitrogen and oxygen atoms in total. The van der Waals surface area contributed by atoms with E-state index < -0.39 is 6.10 Å². The summed E-state index contributed by atoms with van der Waals surface area (Å²) < 4.78 is 17.0. The first kappa shape index (κ1) is 73.4. The Morgan fingerprint density at radius 1 is 0.267 bits per heavy atom. The monoisotopic (exact) mass is 1060 g/mol. The van der Waals surface area contributed by atoms with Crippen LogP contribution in [0.2, 0.25) is 0 Å². The average Bonchev–Trinajstić information content (AvgIpc) is 3.41. The SMILES string of the molecule is CCCCCCCCCCCCCCCC(=O)OC[C@@H](COC(=O)CCCCCCCCCCCCCCCCCCCCC(C)CC)OC(=O)CCCCCCCCCCCCCCCCCCCCC(C)CC. The minimum absolute atomic E-state index is 0.0613. The fraction of sp³-hybridized carbons (Fsp3) is 0.957. The van der Waals surface area contributed by atoms with Gasteiger partial charge in [-0.1, -0.05) is 356 Å². The normalized spacial score (nSPS) is 12.8. The molecule has 0 aromatic heterocycles. The smallest absolute Gasteiger partial charge is 0.306 e. The van der Waals surface area contributed by atoms with E-state index >= 15 is 0 Å². The molecule has 0 fully saturated rings. The third kappa shape index (κ3) is 59.9. The lowest BCUT2D eigenvalue weighted by Gasteiger charge is -2.18. The maximum atomic E-state index is 12.9. The Morgan fingerprint density at radius 2 is 0.467 bits per heavy atom. The molecule has 6 heteroatoms. The zero-order valence-electron chi connectivity index (χ0n) is 51.7. The lowest BCUT2D eigenvalue weighted by atomic mass is 9.99. The summed E-state index contributed by atoms with van der Waals surface area (Å²) in [6.45, 7) is 11.5. The van der Waals surface area contributed by atoms with Crippen LogP contribution in [0.4, 0.5) is 0 Å². The molecule has 0 saturated heterocycles. The molecule has 0 radical (unpaired) electrons. The summed E-state index contributed by atoms with van der Waals surface area (Å²) in [4.78, 5) is 38.4. The van der Waals surface area contributed by atoms with Gasteiger partial charge in [0.15, 0.2) is 6.10 Å². The van der Waals surface area contributed by atoms with Gasteiger partial charge >= 0.3 is 17.9 Å². The number of carbonyl (C=O) groups excluding carboxylic acids is 3. The summed E-state index contributed by atoms with van der Waals surface area (Å²) in [5.74, 6) is 0.993. The Labute approximate surface area is 469 Å². The molecule has 0 aliphatic carbocycles. The molecule has 2 unspecified atom stereocenters. The van der Waals surface area contributed by atoms with Crippen LogP contribution in [0.1, 0.15) is 394 Å². The highest BCUT2D eigenvalue weighted by Crippen LogP contribution is 2.20. The number of rotatable bonds is 63. The summed E-state index contributed by atoms with van der Waals surface area (Å²) in [6.07, 6.45) is 69.6. The highest BCUT2D eigenvalue weighted by molar-refractivity contribution is 5.71. The average molecular weight is 1060 g/mol. The van der Waals surface area contributed by atoms with Gasteiger partial charge in [-0.25, -0.2) is 0 Å². The number of hydrogen-bond donors (Lipinski definition) is 0. The van der Waals surface area contributed by atoms with E-state index in [0.29, 0.717) is 19.3 Å². The van der Waals surface area contributed by atoms with Gasteiger partial charge in [-0.3, -0.25) is 14.4 Å². The van der Waals surface area contributed by atoms with Crippen molar-refractivity contribution in [1.29, 1.82) is 0 Å². The quantitative estimate of drug-likeness (QED) is 0.0343. The molecule has 446 valence electrons. The standard InChI is InChI=1S/C69H134O6/c1-6-9-10-11-12-13-14-27-34-39-44-49-54-59-67(70)73-62-66(75-69(72)61-56-51-46-41-36-31-26-22-18-16-20-24-29-33-38-43-48-53-58-65(5)8-3)63-74-68(71)60-55-50-45-40-35-30-25-21-17-15-19-23-28-32-37-42-47-52-57-64(4)7-2/h64-66H,6-63H2,1-5H3/t64?,65?,66-/m0/s1. The molecule has 0 saturated carbocycles. The van der Waals surface area contributed by atoms with Gasteiger partial charge < -0.3 is 14.2 Å². The number of ether oxygens (including phenoxy) is 3. The van der Waals surface area contributed by atoms with Gasteiger partial charge in [0.2, 0.25) is 0 Å². The minimum Gasteiger partial charge on any atom is -0.462 e. The molecule has 0 bridgehead atoms. The van der Waals surface area contributed by atoms with E-state index in [2.05, 4.69) is 34.6 Å². The zero-order chi connectivity index (χ0) is 54.6. The van der Waals surface area contributed by atoms with E-state index in [-0.39, 0.29) is 31.1 Å². The third-order valence-electron chi connectivity index (χ3n) is 16.7. The van der Waals surface area contributed by atoms with Crippen LogP contribution in [0.15, 0.2) is 0 Å². The Balaban J connectivity index is 4.23. The molecule has 0 N–H and O–H groups in total. The number of esters is 3. The molecule has 0 spiro atoms. The van der Waals surface area contributed by atoms with E-state index in [1.807, 2.05) is 0 Å². The van der Waals surface area contributed by atoms with E-state index in [0.717, 1.165) is 69.6 Å². The summed E-state index contributed by atoms with van der Waals surface area (Å²) >= 11 is 0. The van der Waals surface area contributed by atoms with E-state index in [1.165, 1.54) is 283 Å². The summed E-state index contributed by atoms with van der Waals surface area (Å²) in [5.41, 5.74) is 0. The predicted octanol–water partition coefficient (Wildman–Crippen LogP) is 23.2. The Bertz CT molecular complexity index is 1160. The lowest BCUT2D eigenvalue weighted by molar-refractivity contribution is -0.167. The fourth-order valence-corrected chi connectivity index (χ4v) is 10.8. The van der Waals surface area contributed by atoms with Gasteiger partial charge in [0, 0.05) is 19.3 Å². The van der Waals surface area contributed by atoms with Crippen LogP contribution in [0.5, 0.6) is 0 Å². The lowest BCUT2D eigenvalue weighted by Crippen LogP contribution is -2.30. The molecule has 0 aliphatic rings. The predicted molar refractivity (Wildman–Crippen MR) is 326 cm³/mol. The van der Waals surface area contributed by atoms with Crippen LogP contribution in [0.25, 0.3) is 0 Å². The van der Waals surface area contributed by atoms with E-state index in [1.54, 1.807) is 0 Å². The Hall–Kier alpha value is -1.59. The van der Waals surface area contributed by atoms with E-state index in [9.17, 15) is 14.4 Å². The number of unbranched alkanes of at least 4 members (excludes halogenated alkanes) is 46. The van der Waals surface area contributed by atoms with Gasteiger partial charge in [0.25, 0.3) is 0 Å². The Morgan fingerprint density at radius 3 is 0.693 bits per heavy atom. The molecule has 3 atom stereocenters. The second-order valence-electron chi connectivity index (χ2n) is 24.3. The summed E-state index contributed by atoms with van der Waals surface area (Å²) in [5, 5.41) is 0. The van der Waals surface area contributed by atoms with Crippen molar-refractivity contribution < 1.29 is 28.6 Å². The summed E-state index contributed by atoms with van der Waals surface area (Å²) in [7, 11) is 0. The van der Waals surface area contributed by atoms with Crippen molar-refractivity contribution in [2.24, 2.45) is 11.8 Å². The van der Waals surface area contributed by atoms with Gasteiger partial charge in [0.1, 0.15) is 13.2 Å². The molecular weight excluding hydrogens is 925 g/mol. The highest BCUT2D eigenvalue weighted by Gasteiger charge is 2.20. The van der Waals surface area contributed by atoms with Crippen molar-refractivity contribution in [2.75, 3.05) is 13.2 Å². The van der Waals surface area contributed by atoms with Crippen LogP contribution in [0, 0.1) is 11.8 Å². The largest absolute Gasteiger partial charge is 0.462 e. The second kappa shape index (κ2) is 61.6. The zero-order valence-corrected chi connectivity index (χ0v) is 51.7. The van der Waals surface area contributed by atoms with Gasteiger partial charge in [-0.15, -0.1) is 0 Å². The first-order chi connectivity index (χ1) is 36.8. The van der Waals surface area contributed by atoms with Crippen molar-refractivity contribution in [2.45, 2.75) is 400 Å². The van der Waals surface area contributed by atoms with Crippen molar-refractivity contribution in [1.82, 2.24) is 0 Å². The number of hydrogen-bond acceptors (Lipinski definition) is 6. The van der Waals surface area contributed by atoms with Gasteiger partial charge in [-0.2, -0.15) is 0 Å². The molecule has 0 aromatic carbocycles. The molecule has 0 aliphatic heterocycles.